The van der Waals surface area contributed by atoms with Gasteiger partial charge in [0.15, 0.2) is 0 Å². The van der Waals surface area contributed by atoms with Crippen LogP contribution in [0.4, 0.5) is 0 Å². The summed E-state index contributed by atoms with van der Waals surface area (Å²) in [5.74, 6) is -1.36. The van der Waals surface area contributed by atoms with E-state index in [0.717, 1.165) is 6.42 Å². The standard InChI is InChI=1S/C18H26O5/c1-4-18(16(19)21-5-2,17(20)22-6-3)23-14-10-13-15-11-8-7-9-12-15/h7-9,11-12H,4-6,10,13-14H2,1-3H3. The van der Waals surface area contributed by atoms with Crippen LogP contribution in [0.1, 0.15) is 39.2 Å². The summed E-state index contributed by atoms with van der Waals surface area (Å²) in [6.45, 7) is 5.75. The fourth-order valence-corrected chi connectivity index (χ4v) is 2.25. The molecule has 23 heavy (non-hydrogen) atoms. The van der Waals surface area contributed by atoms with Crippen molar-refractivity contribution in [1.82, 2.24) is 0 Å². The molecule has 0 saturated heterocycles. The molecule has 0 amide bonds. The van der Waals surface area contributed by atoms with Crippen LogP contribution in [0.5, 0.6) is 0 Å². The molecule has 5 nitrogen and oxygen atoms in total. The third kappa shape index (κ3) is 5.36. The minimum absolute atomic E-state index is 0.177. The van der Waals surface area contributed by atoms with Crippen molar-refractivity contribution in [2.24, 2.45) is 0 Å². The third-order valence-electron chi connectivity index (χ3n) is 3.51. The fraction of sp³-hybridized carbons (Fsp3) is 0.556. The van der Waals surface area contributed by atoms with Gasteiger partial charge in [-0.1, -0.05) is 37.3 Å². The topological polar surface area (TPSA) is 61.8 Å². The van der Waals surface area contributed by atoms with Crippen molar-refractivity contribution < 1.29 is 23.8 Å². The molecule has 0 N–H and O–H groups in total. The first-order chi connectivity index (χ1) is 11.1. The number of carbonyl (C=O) groups is 2. The van der Waals surface area contributed by atoms with Crippen LogP contribution in [0.15, 0.2) is 30.3 Å². The number of benzene rings is 1. The van der Waals surface area contributed by atoms with E-state index in [2.05, 4.69) is 0 Å². The molecule has 128 valence electrons. The van der Waals surface area contributed by atoms with E-state index in [4.69, 9.17) is 14.2 Å². The number of rotatable bonds is 10. The molecule has 0 aliphatic carbocycles. The normalized spacial score (nSPS) is 11.1. The van der Waals surface area contributed by atoms with E-state index in [1.54, 1.807) is 20.8 Å². The lowest BCUT2D eigenvalue weighted by Gasteiger charge is -2.28. The summed E-state index contributed by atoms with van der Waals surface area (Å²) in [6.07, 6.45) is 1.69. The van der Waals surface area contributed by atoms with Crippen LogP contribution in [0.2, 0.25) is 0 Å². The largest absolute Gasteiger partial charge is 0.463 e. The maximum absolute atomic E-state index is 12.2. The summed E-state index contributed by atoms with van der Waals surface area (Å²) in [5.41, 5.74) is -0.478. The van der Waals surface area contributed by atoms with Crippen molar-refractivity contribution >= 4 is 11.9 Å². The molecule has 0 aromatic heterocycles. The van der Waals surface area contributed by atoms with Gasteiger partial charge in [-0.25, -0.2) is 9.59 Å². The number of hydrogen-bond acceptors (Lipinski definition) is 5. The maximum Gasteiger partial charge on any atom is 0.350 e. The molecule has 1 aromatic carbocycles. The van der Waals surface area contributed by atoms with Crippen molar-refractivity contribution in [2.45, 2.75) is 45.6 Å². The first-order valence-electron chi connectivity index (χ1n) is 8.13. The van der Waals surface area contributed by atoms with Gasteiger partial charge in [0.2, 0.25) is 0 Å². The second kappa shape index (κ2) is 10.0. The predicted molar refractivity (Wildman–Crippen MR) is 87.0 cm³/mol. The molecule has 0 spiro atoms. The van der Waals surface area contributed by atoms with Gasteiger partial charge in [0.1, 0.15) is 0 Å². The number of esters is 2. The average Bonchev–Trinajstić information content (AvgIpc) is 2.56. The van der Waals surface area contributed by atoms with Gasteiger partial charge in [-0.15, -0.1) is 0 Å². The molecule has 1 rings (SSSR count). The third-order valence-corrected chi connectivity index (χ3v) is 3.51. The van der Waals surface area contributed by atoms with Crippen molar-refractivity contribution in [2.75, 3.05) is 19.8 Å². The Labute approximate surface area is 137 Å². The Morgan fingerprint density at radius 1 is 0.957 bits per heavy atom. The lowest BCUT2D eigenvalue weighted by atomic mass is 10.0. The van der Waals surface area contributed by atoms with Crippen LogP contribution in [0.3, 0.4) is 0 Å². The summed E-state index contributed by atoms with van der Waals surface area (Å²) >= 11 is 0. The average molecular weight is 322 g/mol. The van der Waals surface area contributed by atoms with Gasteiger partial charge in [-0.3, -0.25) is 0 Å². The minimum atomic E-state index is -1.66. The van der Waals surface area contributed by atoms with Crippen LogP contribution in [0.25, 0.3) is 0 Å². The molecule has 1 aromatic rings. The Balaban J connectivity index is 2.68. The lowest BCUT2D eigenvalue weighted by Crippen LogP contribution is -2.51. The fourth-order valence-electron chi connectivity index (χ4n) is 2.25. The molecule has 0 aliphatic rings. The van der Waals surface area contributed by atoms with Crippen molar-refractivity contribution in [3.63, 3.8) is 0 Å². The van der Waals surface area contributed by atoms with E-state index >= 15 is 0 Å². The maximum atomic E-state index is 12.2. The van der Waals surface area contributed by atoms with Crippen LogP contribution >= 0.6 is 0 Å². The van der Waals surface area contributed by atoms with E-state index in [9.17, 15) is 9.59 Å². The molecule has 0 radical (unpaired) electrons. The van der Waals surface area contributed by atoms with E-state index in [0.29, 0.717) is 6.42 Å². The van der Waals surface area contributed by atoms with Gasteiger partial charge in [-0.2, -0.15) is 0 Å². The number of ether oxygens (including phenoxy) is 3. The molecular formula is C18H26O5. The van der Waals surface area contributed by atoms with E-state index in [1.165, 1.54) is 5.56 Å². The Morgan fingerprint density at radius 3 is 2.00 bits per heavy atom. The van der Waals surface area contributed by atoms with Crippen molar-refractivity contribution in [3.05, 3.63) is 35.9 Å². The van der Waals surface area contributed by atoms with E-state index < -0.39 is 17.5 Å². The zero-order valence-corrected chi connectivity index (χ0v) is 14.2. The number of aryl methyl sites for hydroxylation is 1. The van der Waals surface area contributed by atoms with Gasteiger partial charge >= 0.3 is 11.9 Å². The summed E-state index contributed by atoms with van der Waals surface area (Å²) in [7, 11) is 0. The second-order valence-electron chi connectivity index (χ2n) is 5.06. The zero-order valence-electron chi connectivity index (χ0n) is 14.2. The highest BCUT2D eigenvalue weighted by Crippen LogP contribution is 2.21. The van der Waals surface area contributed by atoms with Gasteiger partial charge in [0.05, 0.1) is 13.2 Å². The smallest absolute Gasteiger partial charge is 0.350 e. The quantitative estimate of drug-likeness (QED) is 0.376. The Morgan fingerprint density at radius 2 is 1.52 bits per heavy atom. The molecule has 0 aliphatic heterocycles. The SMILES string of the molecule is CCOC(=O)C(CC)(OCCCc1ccccc1)C(=O)OCC. The Bertz CT molecular complexity index is 465. The minimum Gasteiger partial charge on any atom is -0.463 e. The molecule has 0 bridgehead atoms. The highest BCUT2D eigenvalue weighted by Gasteiger charge is 2.48. The molecule has 5 heteroatoms. The summed E-state index contributed by atoms with van der Waals surface area (Å²) in [4.78, 5) is 24.5. The van der Waals surface area contributed by atoms with Gasteiger partial charge in [0.25, 0.3) is 5.60 Å². The lowest BCUT2D eigenvalue weighted by molar-refractivity contribution is -0.191. The van der Waals surface area contributed by atoms with Gasteiger partial charge < -0.3 is 14.2 Å². The second-order valence-corrected chi connectivity index (χ2v) is 5.06. The molecule has 0 saturated carbocycles. The highest BCUT2D eigenvalue weighted by molar-refractivity contribution is 6.03. The van der Waals surface area contributed by atoms with Crippen LogP contribution in [-0.2, 0) is 30.2 Å². The van der Waals surface area contributed by atoms with Crippen molar-refractivity contribution in [1.29, 1.82) is 0 Å². The van der Waals surface area contributed by atoms with E-state index in [-0.39, 0.29) is 26.2 Å². The van der Waals surface area contributed by atoms with Crippen LogP contribution in [0, 0.1) is 0 Å². The van der Waals surface area contributed by atoms with E-state index in [1.807, 2.05) is 30.3 Å². The number of carbonyl (C=O) groups excluding carboxylic acids is 2. The molecule has 0 heterocycles. The first-order valence-corrected chi connectivity index (χ1v) is 8.13. The molecule has 0 fully saturated rings. The zero-order chi connectivity index (χ0) is 17.1. The Hall–Kier alpha value is -1.88. The van der Waals surface area contributed by atoms with Crippen LogP contribution < -0.4 is 0 Å². The Kier molecular flexibility index (Phi) is 8.33. The predicted octanol–water partition coefficient (Wildman–Crippen LogP) is 2.91. The summed E-state index contributed by atoms with van der Waals surface area (Å²) in [6, 6.07) is 9.98. The van der Waals surface area contributed by atoms with Crippen molar-refractivity contribution in [3.8, 4) is 0 Å². The van der Waals surface area contributed by atoms with Gasteiger partial charge in [0, 0.05) is 6.61 Å². The summed E-state index contributed by atoms with van der Waals surface area (Å²) < 4.78 is 15.7. The van der Waals surface area contributed by atoms with Crippen LogP contribution in [-0.4, -0.2) is 37.4 Å². The number of hydrogen-bond donors (Lipinski definition) is 0. The molecule has 0 atom stereocenters. The summed E-state index contributed by atoms with van der Waals surface area (Å²) in [5, 5.41) is 0. The first kappa shape index (κ1) is 19.2. The molecular weight excluding hydrogens is 296 g/mol. The highest BCUT2D eigenvalue weighted by atomic mass is 16.6. The molecule has 0 unspecified atom stereocenters. The monoisotopic (exact) mass is 322 g/mol. The van der Waals surface area contributed by atoms with Gasteiger partial charge in [-0.05, 0) is 38.7 Å².